The average Bonchev–Trinajstić information content (AvgIpc) is 2.13. The van der Waals surface area contributed by atoms with E-state index in [0.29, 0.717) is 0 Å². The van der Waals surface area contributed by atoms with Gasteiger partial charge >= 0.3 is 5.97 Å². The van der Waals surface area contributed by atoms with Crippen LogP contribution in [0, 0.1) is 18.6 Å². The van der Waals surface area contributed by atoms with Crippen molar-refractivity contribution in [2.75, 3.05) is 0 Å². The summed E-state index contributed by atoms with van der Waals surface area (Å²) in [5, 5.41) is 18.1. The number of aliphatic carboxylic acids is 1. The van der Waals surface area contributed by atoms with Gasteiger partial charge in [0.05, 0.1) is 0 Å². The Kier molecular flexibility index (Phi) is 3.28. The summed E-state index contributed by atoms with van der Waals surface area (Å²) in [5.41, 5.74) is -2.13. The van der Waals surface area contributed by atoms with Crippen molar-refractivity contribution in [2.45, 2.75) is 25.9 Å². The highest BCUT2D eigenvalue weighted by Crippen LogP contribution is 2.19. The number of rotatable bonds is 3. The Bertz CT molecular complexity index is 427. The molecule has 0 saturated carbocycles. The van der Waals surface area contributed by atoms with Gasteiger partial charge in [-0.25, -0.2) is 13.6 Å². The molecule has 3 nitrogen and oxygen atoms in total. The van der Waals surface area contributed by atoms with Crippen LogP contribution in [0.3, 0.4) is 0 Å². The first-order valence-corrected chi connectivity index (χ1v) is 4.64. The van der Waals surface area contributed by atoms with Gasteiger partial charge in [-0.1, -0.05) is 0 Å². The maximum Gasteiger partial charge on any atom is 0.335 e. The minimum absolute atomic E-state index is 0.135. The summed E-state index contributed by atoms with van der Waals surface area (Å²) < 4.78 is 26.5. The molecule has 0 aliphatic rings. The van der Waals surface area contributed by atoms with Crippen LogP contribution >= 0.6 is 0 Å². The van der Waals surface area contributed by atoms with Gasteiger partial charge in [0.25, 0.3) is 0 Å². The third-order valence-electron chi connectivity index (χ3n) is 2.32. The predicted molar refractivity (Wildman–Crippen MR) is 53.1 cm³/mol. The lowest BCUT2D eigenvalue weighted by Crippen LogP contribution is -2.37. The second-order valence-corrected chi connectivity index (χ2v) is 3.95. The van der Waals surface area contributed by atoms with Gasteiger partial charge in [-0.15, -0.1) is 0 Å². The summed E-state index contributed by atoms with van der Waals surface area (Å²) in [6, 6.07) is 1.88. The van der Waals surface area contributed by atoms with Crippen LogP contribution in [-0.4, -0.2) is 21.8 Å². The summed E-state index contributed by atoms with van der Waals surface area (Å²) in [6.45, 7) is 2.43. The molecule has 0 spiro atoms. The van der Waals surface area contributed by atoms with Gasteiger partial charge in [0, 0.05) is 6.42 Å². The number of hydrogen-bond donors (Lipinski definition) is 2. The third kappa shape index (κ3) is 2.55. The zero-order valence-corrected chi connectivity index (χ0v) is 8.92. The number of aryl methyl sites for hydroxylation is 1. The first kappa shape index (κ1) is 12.6. The van der Waals surface area contributed by atoms with Crippen molar-refractivity contribution < 1.29 is 23.8 Å². The maximum atomic E-state index is 13.4. The molecule has 1 aromatic carbocycles. The fourth-order valence-corrected chi connectivity index (χ4v) is 1.27. The van der Waals surface area contributed by atoms with Gasteiger partial charge < -0.3 is 10.2 Å². The summed E-state index contributed by atoms with van der Waals surface area (Å²) in [6.07, 6.45) is -0.481. The normalized spacial score (nSPS) is 14.6. The Balaban J connectivity index is 3.07. The molecule has 0 aromatic heterocycles. The van der Waals surface area contributed by atoms with Crippen molar-refractivity contribution in [3.8, 4) is 0 Å². The minimum atomic E-state index is -2.11. The molecule has 1 atom stereocenters. The van der Waals surface area contributed by atoms with Crippen LogP contribution < -0.4 is 0 Å². The average molecular weight is 230 g/mol. The molecule has 0 bridgehead atoms. The molecule has 0 fully saturated rings. The van der Waals surface area contributed by atoms with E-state index in [1.54, 1.807) is 0 Å². The van der Waals surface area contributed by atoms with Gasteiger partial charge in [-0.05, 0) is 37.1 Å². The van der Waals surface area contributed by atoms with E-state index in [-0.39, 0.29) is 11.1 Å². The van der Waals surface area contributed by atoms with E-state index in [2.05, 4.69) is 0 Å². The zero-order valence-electron chi connectivity index (χ0n) is 8.92. The first-order valence-electron chi connectivity index (χ1n) is 4.64. The number of aliphatic hydroxyl groups is 1. The molecule has 88 valence electrons. The molecule has 1 aromatic rings. The largest absolute Gasteiger partial charge is 0.479 e. The van der Waals surface area contributed by atoms with Crippen LogP contribution in [0.4, 0.5) is 8.78 Å². The molecule has 0 amide bonds. The molecule has 16 heavy (non-hydrogen) atoms. The number of carboxylic acid groups (broad SMARTS) is 1. The lowest BCUT2D eigenvalue weighted by atomic mass is 9.95. The fourth-order valence-electron chi connectivity index (χ4n) is 1.27. The van der Waals surface area contributed by atoms with Crippen molar-refractivity contribution >= 4 is 5.97 Å². The van der Waals surface area contributed by atoms with Crippen LogP contribution in [-0.2, 0) is 11.2 Å². The highest BCUT2D eigenvalue weighted by atomic mass is 19.1. The third-order valence-corrected chi connectivity index (χ3v) is 2.32. The van der Waals surface area contributed by atoms with E-state index in [9.17, 15) is 18.7 Å². The van der Waals surface area contributed by atoms with E-state index in [1.165, 1.54) is 6.92 Å². The van der Waals surface area contributed by atoms with Gasteiger partial charge in [-0.3, -0.25) is 0 Å². The summed E-state index contributed by atoms with van der Waals surface area (Å²) >= 11 is 0. The van der Waals surface area contributed by atoms with Crippen LogP contribution in [0.15, 0.2) is 12.1 Å². The zero-order chi connectivity index (χ0) is 12.5. The van der Waals surface area contributed by atoms with E-state index < -0.39 is 29.6 Å². The van der Waals surface area contributed by atoms with Gasteiger partial charge in [0.15, 0.2) is 5.60 Å². The minimum Gasteiger partial charge on any atom is -0.479 e. The number of hydrogen-bond acceptors (Lipinski definition) is 2. The Hall–Kier alpha value is -1.49. The van der Waals surface area contributed by atoms with Gasteiger partial charge in [0.1, 0.15) is 11.6 Å². The molecule has 5 heteroatoms. The monoisotopic (exact) mass is 230 g/mol. The maximum absolute atomic E-state index is 13.4. The molecular weight excluding hydrogens is 218 g/mol. The summed E-state index contributed by atoms with van der Waals surface area (Å²) in [7, 11) is 0. The van der Waals surface area contributed by atoms with E-state index in [0.717, 1.165) is 19.1 Å². The fraction of sp³-hybridized carbons (Fsp3) is 0.364. The lowest BCUT2D eigenvalue weighted by molar-refractivity contribution is -0.156. The topological polar surface area (TPSA) is 57.5 Å². The number of halogens is 2. The number of carboxylic acids is 1. The molecule has 0 heterocycles. The smallest absolute Gasteiger partial charge is 0.335 e. The second kappa shape index (κ2) is 4.17. The van der Waals surface area contributed by atoms with Crippen molar-refractivity contribution in [1.82, 2.24) is 0 Å². The molecule has 1 unspecified atom stereocenters. The number of carbonyl (C=O) groups is 1. The van der Waals surface area contributed by atoms with Crippen LogP contribution in [0.5, 0.6) is 0 Å². The van der Waals surface area contributed by atoms with Crippen LogP contribution in [0.25, 0.3) is 0 Å². The van der Waals surface area contributed by atoms with E-state index in [1.807, 2.05) is 0 Å². The molecule has 2 N–H and O–H groups in total. The molecule has 1 rings (SSSR count). The van der Waals surface area contributed by atoms with E-state index >= 15 is 0 Å². The number of benzene rings is 1. The highest BCUT2D eigenvalue weighted by molar-refractivity contribution is 5.76. The summed E-state index contributed by atoms with van der Waals surface area (Å²) in [4.78, 5) is 10.6. The Labute approximate surface area is 91.3 Å². The standard InChI is InChI=1S/C11H12F2O3/c1-6-3-9(13)7(4-8(6)12)5-11(2,16)10(14)15/h3-4,16H,5H2,1-2H3,(H,14,15). The molecule has 0 saturated heterocycles. The second-order valence-electron chi connectivity index (χ2n) is 3.95. The van der Waals surface area contributed by atoms with Gasteiger partial charge in [-0.2, -0.15) is 0 Å². The van der Waals surface area contributed by atoms with Crippen molar-refractivity contribution in [3.63, 3.8) is 0 Å². The van der Waals surface area contributed by atoms with Gasteiger partial charge in [0.2, 0.25) is 0 Å². The van der Waals surface area contributed by atoms with Crippen molar-refractivity contribution in [3.05, 3.63) is 34.9 Å². The molecular formula is C11H12F2O3. The molecule has 0 radical (unpaired) electrons. The Morgan fingerprint density at radius 3 is 2.44 bits per heavy atom. The van der Waals surface area contributed by atoms with Crippen molar-refractivity contribution in [2.24, 2.45) is 0 Å². The highest BCUT2D eigenvalue weighted by Gasteiger charge is 2.31. The Morgan fingerprint density at radius 2 is 1.94 bits per heavy atom. The Morgan fingerprint density at radius 1 is 1.38 bits per heavy atom. The van der Waals surface area contributed by atoms with Crippen molar-refractivity contribution in [1.29, 1.82) is 0 Å². The van der Waals surface area contributed by atoms with Crippen LogP contribution in [0.1, 0.15) is 18.1 Å². The summed E-state index contributed by atoms with van der Waals surface area (Å²) in [5.74, 6) is -2.83. The quantitative estimate of drug-likeness (QED) is 0.830. The molecule has 0 aliphatic heterocycles. The lowest BCUT2D eigenvalue weighted by Gasteiger charge is -2.18. The SMILES string of the molecule is Cc1cc(F)c(CC(C)(O)C(=O)O)cc1F. The van der Waals surface area contributed by atoms with Crippen LogP contribution in [0.2, 0.25) is 0 Å². The molecule has 0 aliphatic carbocycles. The first-order chi connectivity index (χ1) is 7.24. The van der Waals surface area contributed by atoms with E-state index in [4.69, 9.17) is 5.11 Å². The predicted octanol–water partition coefficient (Wildman–Crippen LogP) is 1.65.